The number of aromatic hydroxyl groups is 1. The number of hydrogen-bond acceptors (Lipinski definition) is 6. The van der Waals surface area contributed by atoms with Crippen molar-refractivity contribution in [3.8, 4) is 5.75 Å². The Hall–Kier alpha value is -3.43. The van der Waals surface area contributed by atoms with Crippen molar-refractivity contribution < 1.29 is 29.3 Å². The zero-order valence-electron chi connectivity index (χ0n) is 21.4. The third-order valence-electron chi connectivity index (χ3n) is 6.55. The summed E-state index contributed by atoms with van der Waals surface area (Å²) < 4.78 is 5.86. The molecule has 0 unspecified atom stereocenters. The molecule has 0 radical (unpaired) electrons. The van der Waals surface area contributed by atoms with Crippen molar-refractivity contribution in [1.82, 2.24) is 10.2 Å². The van der Waals surface area contributed by atoms with Crippen molar-refractivity contribution in [2.45, 2.75) is 63.8 Å². The first-order chi connectivity index (χ1) is 17.6. The van der Waals surface area contributed by atoms with Gasteiger partial charge >= 0.3 is 5.97 Å². The van der Waals surface area contributed by atoms with Crippen LogP contribution in [0.4, 0.5) is 0 Å². The molecule has 200 valence electrons. The van der Waals surface area contributed by atoms with E-state index in [2.05, 4.69) is 5.32 Å². The largest absolute Gasteiger partial charge is 0.508 e. The van der Waals surface area contributed by atoms with Crippen LogP contribution >= 0.6 is 0 Å². The van der Waals surface area contributed by atoms with Gasteiger partial charge in [-0.3, -0.25) is 9.59 Å². The maximum Gasteiger partial charge on any atom is 0.326 e. The molecule has 3 rings (SSSR count). The van der Waals surface area contributed by atoms with Gasteiger partial charge in [0.2, 0.25) is 11.8 Å². The molecule has 0 spiro atoms. The highest BCUT2D eigenvalue weighted by Crippen LogP contribution is 2.20. The van der Waals surface area contributed by atoms with E-state index in [4.69, 9.17) is 10.5 Å². The van der Waals surface area contributed by atoms with E-state index in [0.29, 0.717) is 12.8 Å². The van der Waals surface area contributed by atoms with Gasteiger partial charge in [-0.25, -0.2) is 4.79 Å². The number of carbonyl (C=O) groups excluding carboxylic acids is 2. The number of rotatable bonds is 11. The van der Waals surface area contributed by atoms with E-state index >= 15 is 0 Å². The molecular weight excluding hydrogens is 474 g/mol. The number of benzene rings is 2. The van der Waals surface area contributed by atoms with E-state index in [1.54, 1.807) is 24.3 Å². The molecule has 1 aliphatic heterocycles. The number of carboxylic acid groups (broad SMARTS) is 1. The molecule has 1 heterocycles. The fourth-order valence-corrected chi connectivity index (χ4v) is 4.58. The van der Waals surface area contributed by atoms with Crippen LogP contribution in [0.25, 0.3) is 0 Å². The highest BCUT2D eigenvalue weighted by Gasteiger charge is 2.36. The van der Waals surface area contributed by atoms with Gasteiger partial charge in [-0.05, 0) is 48.4 Å². The first-order valence-electron chi connectivity index (χ1n) is 12.7. The molecular formula is C28H37N3O6. The van der Waals surface area contributed by atoms with Gasteiger partial charge < -0.3 is 30.9 Å². The molecule has 1 aliphatic rings. The van der Waals surface area contributed by atoms with Crippen LogP contribution in [0.15, 0.2) is 54.6 Å². The lowest BCUT2D eigenvalue weighted by molar-refractivity contribution is -0.145. The van der Waals surface area contributed by atoms with Gasteiger partial charge in [-0.1, -0.05) is 56.3 Å². The number of amides is 2. The van der Waals surface area contributed by atoms with Crippen molar-refractivity contribution in [2.75, 3.05) is 13.2 Å². The first kappa shape index (κ1) is 28.1. The van der Waals surface area contributed by atoms with Gasteiger partial charge in [0, 0.05) is 19.0 Å². The molecule has 2 amide bonds. The SMILES string of the molecule is CC(C)C[C@H](NC(=O)[C@H](Cc1ccccc1)N1CC[C@@H]([C@@H](N)Cc2ccc(O)cc2)OCC1=O)C(=O)O. The van der Waals surface area contributed by atoms with Crippen LogP contribution in [0.1, 0.15) is 37.8 Å². The maximum atomic E-state index is 13.4. The fourth-order valence-electron chi connectivity index (χ4n) is 4.58. The summed E-state index contributed by atoms with van der Waals surface area (Å²) in [7, 11) is 0. The summed E-state index contributed by atoms with van der Waals surface area (Å²) in [6.07, 6.45) is 1.05. The molecule has 0 saturated carbocycles. The lowest BCUT2D eigenvalue weighted by Crippen LogP contribution is -2.55. The highest BCUT2D eigenvalue weighted by atomic mass is 16.5. The van der Waals surface area contributed by atoms with Gasteiger partial charge in [-0.15, -0.1) is 0 Å². The van der Waals surface area contributed by atoms with Crippen LogP contribution in [0.5, 0.6) is 5.75 Å². The average Bonchev–Trinajstić information content (AvgIpc) is 3.05. The fraction of sp³-hybridized carbons (Fsp3) is 0.464. The molecule has 1 fully saturated rings. The predicted octanol–water partition coefficient (Wildman–Crippen LogP) is 2.11. The number of nitrogens with zero attached hydrogens (tertiary/aromatic N) is 1. The molecule has 4 atom stereocenters. The molecule has 9 nitrogen and oxygen atoms in total. The minimum Gasteiger partial charge on any atom is -0.508 e. The number of carbonyl (C=O) groups is 3. The number of nitrogens with one attached hydrogen (secondary N) is 1. The predicted molar refractivity (Wildman–Crippen MR) is 139 cm³/mol. The van der Waals surface area contributed by atoms with Crippen LogP contribution in [0, 0.1) is 5.92 Å². The Morgan fingerprint density at radius 3 is 2.35 bits per heavy atom. The Labute approximate surface area is 217 Å². The number of hydrogen-bond donors (Lipinski definition) is 4. The molecule has 2 aromatic rings. The molecule has 5 N–H and O–H groups in total. The summed E-state index contributed by atoms with van der Waals surface area (Å²) in [5, 5.41) is 21.8. The Balaban J connectivity index is 1.76. The summed E-state index contributed by atoms with van der Waals surface area (Å²) in [6, 6.07) is 13.8. The van der Waals surface area contributed by atoms with Crippen molar-refractivity contribution in [2.24, 2.45) is 11.7 Å². The topological polar surface area (TPSA) is 142 Å². The number of aliphatic carboxylic acids is 1. The van der Waals surface area contributed by atoms with Gasteiger partial charge in [0.05, 0.1) is 6.10 Å². The molecule has 0 aromatic heterocycles. The van der Waals surface area contributed by atoms with Crippen LogP contribution < -0.4 is 11.1 Å². The first-order valence-corrected chi connectivity index (χ1v) is 12.7. The summed E-state index contributed by atoms with van der Waals surface area (Å²) >= 11 is 0. The number of carboxylic acids is 1. The Morgan fingerprint density at radius 2 is 1.73 bits per heavy atom. The smallest absolute Gasteiger partial charge is 0.326 e. The van der Waals surface area contributed by atoms with E-state index in [1.165, 1.54) is 4.90 Å². The zero-order valence-corrected chi connectivity index (χ0v) is 21.4. The molecule has 0 bridgehead atoms. The average molecular weight is 512 g/mol. The quantitative estimate of drug-likeness (QED) is 0.362. The van der Waals surface area contributed by atoms with E-state index in [1.807, 2.05) is 44.2 Å². The monoisotopic (exact) mass is 511 g/mol. The Bertz CT molecular complexity index is 1040. The van der Waals surface area contributed by atoms with Crippen LogP contribution in [-0.2, 0) is 32.0 Å². The maximum absolute atomic E-state index is 13.4. The van der Waals surface area contributed by atoms with E-state index < -0.39 is 30.1 Å². The molecule has 37 heavy (non-hydrogen) atoms. The zero-order chi connectivity index (χ0) is 26.9. The standard InChI is InChI=1S/C28H37N3O6/c1-18(2)14-23(28(35)36)30-27(34)24(16-19-6-4-3-5-7-19)31-13-12-25(37-17-26(31)33)22(29)15-20-8-10-21(32)11-9-20/h3-11,18,22-25,32H,12-17,29H2,1-2H3,(H,30,34)(H,35,36)/t22-,23-,24-,25-/m0/s1. The number of phenolic OH excluding ortho intramolecular Hbond substituents is 1. The van der Waals surface area contributed by atoms with E-state index in [9.17, 15) is 24.6 Å². The Kier molecular flexibility index (Phi) is 10.0. The number of phenols is 1. The third kappa shape index (κ3) is 8.30. The van der Waals surface area contributed by atoms with E-state index in [-0.39, 0.29) is 49.6 Å². The lowest BCUT2D eigenvalue weighted by Gasteiger charge is -2.31. The summed E-state index contributed by atoms with van der Waals surface area (Å²) in [4.78, 5) is 39.9. The number of ether oxygens (including phenoxy) is 1. The van der Waals surface area contributed by atoms with Crippen LogP contribution in [-0.4, -0.2) is 70.3 Å². The second-order valence-corrected chi connectivity index (χ2v) is 9.99. The van der Waals surface area contributed by atoms with Crippen LogP contribution in [0.2, 0.25) is 0 Å². The van der Waals surface area contributed by atoms with Gasteiger partial charge in [0.15, 0.2) is 0 Å². The summed E-state index contributed by atoms with van der Waals surface area (Å²) in [5.41, 5.74) is 8.22. The normalized spacial score (nSPS) is 18.6. The number of nitrogens with two attached hydrogens (primary N) is 1. The molecule has 2 aromatic carbocycles. The summed E-state index contributed by atoms with van der Waals surface area (Å²) in [5.74, 6) is -1.71. The second kappa shape index (κ2) is 13.2. The molecule has 9 heteroatoms. The van der Waals surface area contributed by atoms with Crippen molar-refractivity contribution >= 4 is 17.8 Å². The van der Waals surface area contributed by atoms with Crippen molar-refractivity contribution in [3.63, 3.8) is 0 Å². The third-order valence-corrected chi connectivity index (χ3v) is 6.55. The second-order valence-electron chi connectivity index (χ2n) is 9.99. The lowest BCUT2D eigenvalue weighted by atomic mass is 9.98. The van der Waals surface area contributed by atoms with Crippen molar-refractivity contribution in [1.29, 1.82) is 0 Å². The van der Waals surface area contributed by atoms with E-state index in [0.717, 1.165) is 11.1 Å². The highest BCUT2D eigenvalue weighted by molar-refractivity contribution is 5.91. The van der Waals surface area contributed by atoms with Crippen LogP contribution in [0.3, 0.4) is 0 Å². The summed E-state index contributed by atoms with van der Waals surface area (Å²) in [6.45, 7) is 3.81. The minimum absolute atomic E-state index is 0.0676. The van der Waals surface area contributed by atoms with Gasteiger partial charge in [-0.2, -0.15) is 0 Å². The Morgan fingerprint density at radius 1 is 1.08 bits per heavy atom. The molecule has 0 aliphatic carbocycles. The minimum atomic E-state index is -1.11. The van der Waals surface area contributed by atoms with Gasteiger partial charge in [0.25, 0.3) is 0 Å². The molecule has 1 saturated heterocycles. The van der Waals surface area contributed by atoms with Crippen molar-refractivity contribution in [3.05, 3.63) is 65.7 Å². The van der Waals surface area contributed by atoms with Gasteiger partial charge in [0.1, 0.15) is 24.4 Å².